The van der Waals surface area contributed by atoms with Crippen LogP contribution in [0.5, 0.6) is 0 Å². The van der Waals surface area contributed by atoms with Gasteiger partial charge in [-0.25, -0.2) is 9.78 Å². The summed E-state index contributed by atoms with van der Waals surface area (Å²) in [5.41, 5.74) is 3.48. The summed E-state index contributed by atoms with van der Waals surface area (Å²) in [4.78, 5) is 18.4. The normalized spacial score (nSPS) is 13.8. The molecule has 0 saturated carbocycles. The van der Waals surface area contributed by atoms with Crippen LogP contribution in [0.2, 0.25) is 0 Å². The maximum absolute atomic E-state index is 11.8. The number of morpholine rings is 1. The Bertz CT molecular complexity index is 973. The molecule has 1 fully saturated rings. The first-order valence-corrected chi connectivity index (χ1v) is 8.96. The van der Waals surface area contributed by atoms with Crippen molar-refractivity contribution in [2.24, 2.45) is 0 Å². The molecule has 1 saturated heterocycles. The summed E-state index contributed by atoms with van der Waals surface area (Å²) < 4.78 is 7.36. The minimum absolute atomic E-state index is 0. The molecule has 0 bridgehead atoms. The smallest absolute Gasteiger partial charge is 1.00 e. The van der Waals surface area contributed by atoms with Crippen molar-refractivity contribution in [3.63, 3.8) is 0 Å². The van der Waals surface area contributed by atoms with E-state index >= 15 is 0 Å². The largest absolute Gasteiger partial charge is 1.00 e. The van der Waals surface area contributed by atoms with Crippen molar-refractivity contribution in [1.29, 1.82) is 0 Å². The molecular formula is C21H22LiN3O3. The Labute approximate surface area is 177 Å². The van der Waals surface area contributed by atoms with Crippen molar-refractivity contribution in [2.45, 2.75) is 6.92 Å². The van der Waals surface area contributed by atoms with Gasteiger partial charge in [-0.05, 0) is 25.1 Å². The van der Waals surface area contributed by atoms with Gasteiger partial charge in [-0.15, -0.1) is 0 Å². The molecule has 6 nitrogen and oxygen atoms in total. The van der Waals surface area contributed by atoms with Crippen LogP contribution in [0.3, 0.4) is 0 Å². The van der Waals surface area contributed by atoms with Gasteiger partial charge in [0.25, 0.3) is 0 Å². The third kappa shape index (κ3) is 3.85. The van der Waals surface area contributed by atoms with Crippen LogP contribution in [0, 0.1) is 6.92 Å². The fraction of sp³-hybridized carbons (Fsp3) is 0.238. The number of carbonyl (C=O) groups is 1. The quantitative estimate of drug-likeness (QED) is 0.677. The van der Waals surface area contributed by atoms with E-state index in [9.17, 15) is 9.90 Å². The van der Waals surface area contributed by atoms with E-state index in [0.29, 0.717) is 24.7 Å². The Morgan fingerprint density at radius 3 is 2.43 bits per heavy atom. The molecule has 4 rings (SSSR count). The van der Waals surface area contributed by atoms with E-state index in [1.165, 1.54) is 0 Å². The van der Waals surface area contributed by atoms with E-state index in [-0.39, 0.29) is 26.0 Å². The fourth-order valence-electron chi connectivity index (χ4n) is 3.51. The van der Waals surface area contributed by atoms with E-state index < -0.39 is 5.97 Å². The molecule has 2 aromatic carbocycles. The molecule has 1 aliphatic heterocycles. The first-order valence-electron chi connectivity index (χ1n) is 8.96. The number of ether oxygens (including phenoxy) is 1. The monoisotopic (exact) mass is 371 g/mol. The summed E-state index contributed by atoms with van der Waals surface area (Å²) in [6.07, 6.45) is 0. The van der Waals surface area contributed by atoms with Crippen LogP contribution in [0.4, 0.5) is 5.69 Å². The molecule has 1 aromatic heterocycles. The summed E-state index contributed by atoms with van der Waals surface area (Å²) in [6.45, 7) is 4.95. The number of imidazole rings is 1. The number of carboxylic acid groups (broad SMARTS) is 1. The van der Waals surface area contributed by atoms with E-state index in [1.54, 1.807) is 0 Å². The van der Waals surface area contributed by atoms with Crippen molar-refractivity contribution in [2.75, 3.05) is 31.2 Å². The second kappa shape index (κ2) is 8.66. The first-order chi connectivity index (χ1) is 13.1. The molecule has 1 aliphatic rings. The van der Waals surface area contributed by atoms with E-state index in [4.69, 9.17) is 4.74 Å². The molecule has 0 aliphatic carbocycles. The van der Waals surface area contributed by atoms with Gasteiger partial charge in [-0.1, -0.05) is 36.4 Å². The van der Waals surface area contributed by atoms with Gasteiger partial charge in [0.05, 0.1) is 18.9 Å². The molecule has 3 aromatic rings. The topological polar surface area (TPSA) is 67.6 Å². The van der Waals surface area contributed by atoms with Crippen LogP contribution < -0.4 is 23.8 Å². The molecule has 0 amide bonds. The molecule has 0 spiro atoms. The zero-order valence-electron chi connectivity index (χ0n) is 17.1. The van der Waals surface area contributed by atoms with Crippen molar-refractivity contribution < 1.29 is 34.9 Å². The third-order valence-electron chi connectivity index (χ3n) is 4.76. The minimum atomic E-state index is -1.03. The van der Waals surface area contributed by atoms with Crippen molar-refractivity contribution in [3.05, 3.63) is 66.1 Å². The van der Waals surface area contributed by atoms with Gasteiger partial charge in [-0.3, -0.25) is 4.57 Å². The number of benzene rings is 2. The minimum Gasteiger partial charge on any atom is -1.00 e. The summed E-state index contributed by atoms with van der Waals surface area (Å²) in [5, 5.41) is 9.67. The second-order valence-corrected chi connectivity index (χ2v) is 6.48. The van der Waals surface area contributed by atoms with Crippen LogP contribution in [0.15, 0.2) is 54.6 Å². The number of hydrogen-bond acceptors (Lipinski definition) is 4. The predicted octanol–water partition coefficient (Wildman–Crippen LogP) is 0.499. The van der Waals surface area contributed by atoms with Gasteiger partial charge in [0.2, 0.25) is 0 Å². The number of anilines is 1. The van der Waals surface area contributed by atoms with Gasteiger partial charge >= 0.3 is 24.8 Å². The fourth-order valence-corrected chi connectivity index (χ4v) is 3.51. The maximum Gasteiger partial charge on any atom is 1.00 e. The average Bonchev–Trinajstić information content (AvgIpc) is 3.07. The van der Waals surface area contributed by atoms with Crippen molar-refractivity contribution >= 4 is 11.7 Å². The SMILES string of the molecule is Cc1nc(C(=O)O)c(-c2ccccc2)n1-c1cccc(N2CCOCC2)c1.[H-].[Li+]. The van der Waals surface area contributed by atoms with Crippen molar-refractivity contribution in [3.8, 4) is 16.9 Å². The molecule has 140 valence electrons. The Kier molecular flexibility index (Phi) is 6.25. The number of hydrogen-bond donors (Lipinski definition) is 1. The van der Waals surface area contributed by atoms with Crippen LogP contribution in [0.1, 0.15) is 17.7 Å². The summed E-state index contributed by atoms with van der Waals surface area (Å²) in [7, 11) is 0. The predicted molar refractivity (Wildman–Crippen MR) is 105 cm³/mol. The molecule has 28 heavy (non-hydrogen) atoms. The number of nitrogens with zero attached hydrogens (tertiary/aromatic N) is 3. The number of carboxylic acids is 1. The Hall–Kier alpha value is -2.52. The maximum atomic E-state index is 11.8. The van der Waals surface area contributed by atoms with E-state index in [2.05, 4.69) is 22.0 Å². The van der Waals surface area contributed by atoms with Gasteiger partial charge in [-0.2, -0.15) is 0 Å². The first kappa shape index (κ1) is 20.2. The zero-order chi connectivity index (χ0) is 18.8. The third-order valence-corrected chi connectivity index (χ3v) is 4.76. The van der Waals surface area contributed by atoms with Crippen LogP contribution >= 0.6 is 0 Å². The molecule has 7 heteroatoms. The van der Waals surface area contributed by atoms with Crippen LogP contribution in [-0.4, -0.2) is 46.9 Å². The van der Waals surface area contributed by atoms with Crippen LogP contribution in [0.25, 0.3) is 16.9 Å². The number of aryl methyl sites for hydroxylation is 1. The number of aromatic carboxylic acids is 1. The molecule has 0 atom stereocenters. The van der Waals surface area contributed by atoms with Gasteiger partial charge in [0.1, 0.15) is 5.82 Å². The van der Waals surface area contributed by atoms with Crippen LogP contribution in [-0.2, 0) is 4.74 Å². The molecule has 1 N–H and O–H groups in total. The molecular weight excluding hydrogens is 349 g/mol. The second-order valence-electron chi connectivity index (χ2n) is 6.48. The zero-order valence-corrected chi connectivity index (χ0v) is 16.1. The van der Waals surface area contributed by atoms with Gasteiger partial charge in [0.15, 0.2) is 5.69 Å². The van der Waals surface area contributed by atoms with Crippen molar-refractivity contribution in [1.82, 2.24) is 9.55 Å². The Balaban J connectivity index is 0.00000150. The Morgan fingerprint density at radius 1 is 1.07 bits per heavy atom. The Morgan fingerprint density at radius 2 is 1.75 bits per heavy atom. The summed E-state index contributed by atoms with van der Waals surface area (Å²) in [6, 6.07) is 17.7. The molecule has 0 radical (unpaired) electrons. The molecule has 2 heterocycles. The summed E-state index contributed by atoms with van der Waals surface area (Å²) in [5.74, 6) is -0.384. The number of aromatic nitrogens is 2. The van der Waals surface area contributed by atoms with E-state index in [1.807, 2.05) is 54.0 Å². The molecule has 0 unspecified atom stereocenters. The summed E-state index contributed by atoms with van der Waals surface area (Å²) >= 11 is 0. The standard InChI is InChI=1S/C21H21N3O3.Li.H/c1-15-22-19(21(25)26)20(16-6-3-2-4-7-16)24(15)18-9-5-8-17(14-18)23-10-12-27-13-11-23;;/h2-9,14H,10-13H2,1H3,(H,25,26);;/q;+1;-1. The van der Waals surface area contributed by atoms with Gasteiger partial charge in [0, 0.05) is 30.0 Å². The van der Waals surface area contributed by atoms with E-state index in [0.717, 1.165) is 30.0 Å². The van der Waals surface area contributed by atoms with Gasteiger partial charge < -0.3 is 16.2 Å². The average molecular weight is 371 g/mol. The number of rotatable bonds is 4.